The largest absolute Gasteiger partial charge is 0.481 e. The van der Waals surface area contributed by atoms with Crippen LogP contribution >= 0.6 is 0 Å². The molecule has 0 aromatic heterocycles. The van der Waals surface area contributed by atoms with Crippen LogP contribution in [0.1, 0.15) is 36.8 Å². The standard InChI is InChI=1S/C13H13NO2/c14-9-10-5-1-2-6-11(10)13(12(15)16)7-3-4-8-13/h1-2,5-6H,3-4,7-8H2,(H,15,16). The van der Waals surface area contributed by atoms with Crippen LogP contribution in [0.4, 0.5) is 0 Å². The van der Waals surface area contributed by atoms with Gasteiger partial charge in [-0.25, -0.2) is 0 Å². The van der Waals surface area contributed by atoms with Gasteiger partial charge in [-0.3, -0.25) is 4.79 Å². The minimum absolute atomic E-state index is 0.492. The van der Waals surface area contributed by atoms with E-state index in [-0.39, 0.29) is 0 Å². The maximum Gasteiger partial charge on any atom is 0.314 e. The van der Waals surface area contributed by atoms with Gasteiger partial charge in [0.2, 0.25) is 0 Å². The zero-order chi connectivity index (χ0) is 11.6. The number of carboxylic acid groups (broad SMARTS) is 1. The fourth-order valence-electron chi connectivity index (χ4n) is 2.57. The van der Waals surface area contributed by atoms with Crippen LogP contribution in [0.5, 0.6) is 0 Å². The second-order valence-electron chi connectivity index (χ2n) is 4.25. The first-order valence-corrected chi connectivity index (χ1v) is 5.44. The van der Waals surface area contributed by atoms with Gasteiger partial charge in [0.05, 0.1) is 17.0 Å². The minimum atomic E-state index is -0.827. The molecule has 0 radical (unpaired) electrons. The highest BCUT2D eigenvalue weighted by Crippen LogP contribution is 2.42. The second kappa shape index (κ2) is 3.97. The maximum absolute atomic E-state index is 11.5. The molecule has 1 fully saturated rings. The van der Waals surface area contributed by atoms with Crippen molar-refractivity contribution in [2.75, 3.05) is 0 Å². The molecular formula is C13H13NO2. The summed E-state index contributed by atoms with van der Waals surface area (Å²) in [5.41, 5.74) is 0.348. The molecule has 82 valence electrons. The number of hydrogen-bond acceptors (Lipinski definition) is 2. The van der Waals surface area contributed by atoms with Gasteiger partial charge in [-0.1, -0.05) is 31.0 Å². The molecule has 1 aromatic rings. The van der Waals surface area contributed by atoms with Crippen LogP contribution in [0.3, 0.4) is 0 Å². The average Bonchev–Trinajstić information content (AvgIpc) is 2.79. The first-order valence-electron chi connectivity index (χ1n) is 5.44. The van der Waals surface area contributed by atoms with E-state index in [0.29, 0.717) is 24.0 Å². The van der Waals surface area contributed by atoms with Crippen molar-refractivity contribution < 1.29 is 9.90 Å². The summed E-state index contributed by atoms with van der Waals surface area (Å²) < 4.78 is 0. The lowest BCUT2D eigenvalue weighted by Crippen LogP contribution is -2.33. The van der Waals surface area contributed by atoms with Crippen LogP contribution in [-0.2, 0) is 10.2 Å². The van der Waals surface area contributed by atoms with E-state index in [9.17, 15) is 9.90 Å². The topological polar surface area (TPSA) is 61.1 Å². The summed E-state index contributed by atoms with van der Waals surface area (Å²) in [7, 11) is 0. The molecular weight excluding hydrogens is 202 g/mol. The lowest BCUT2D eigenvalue weighted by atomic mass is 9.77. The van der Waals surface area contributed by atoms with Crippen LogP contribution < -0.4 is 0 Å². The summed E-state index contributed by atoms with van der Waals surface area (Å²) in [5, 5.41) is 18.5. The third-order valence-corrected chi connectivity index (χ3v) is 3.43. The number of rotatable bonds is 2. The van der Waals surface area contributed by atoms with E-state index in [1.54, 1.807) is 24.3 Å². The predicted octanol–water partition coefficient (Wildman–Crippen LogP) is 2.45. The molecule has 0 heterocycles. The monoisotopic (exact) mass is 215 g/mol. The van der Waals surface area contributed by atoms with Gasteiger partial charge in [0, 0.05) is 0 Å². The fourth-order valence-corrected chi connectivity index (χ4v) is 2.57. The van der Waals surface area contributed by atoms with Gasteiger partial charge in [-0.15, -0.1) is 0 Å². The molecule has 0 saturated heterocycles. The van der Waals surface area contributed by atoms with Crippen molar-refractivity contribution in [1.82, 2.24) is 0 Å². The molecule has 1 aromatic carbocycles. The Hall–Kier alpha value is -1.82. The Bertz CT molecular complexity index is 453. The molecule has 1 aliphatic rings. The van der Waals surface area contributed by atoms with E-state index in [4.69, 9.17) is 5.26 Å². The Balaban J connectivity index is 2.56. The van der Waals surface area contributed by atoms with Gasteiger partial charge < -0.3 is 5.11 Å². The van der Waals surface area contributed by atoms with E-state index in [1.165, 1.54) is 0 Å². The third-order valence-electron chi connectivity index (χ3n) is 3.43. The molecule has 0 atom stereocenters. The molecule has 1 saturated carbocycles. The van der Waals surface area contributed by atoms with E-state index in [0.717, 1.165) is 12.8 Å². The van der Waals surface area contributed by atoms with Gasteiger partial charge in [0.1, 0.15) is 0 Å². The lowest BCUT2D eigenvalue weighted by Gasteiger charge is -2.25. The first kappa shape index (κ1) is 10.7. The molecule has 1 aliphatic carbocycles. The Morgan fingerprint density at radius 2 is 1.94 bits per heavy atom. The Morgan fingerprint density at radius 1 is 1.31 bits per heavy atom. The number of carboxylic acids is 1. The molecule has 0 aliphatic heterocycles. The van der Waals surface area contributed by atoms with Gasteiger partial charge in [-0.2, -0.15) is 5.26 Å². The van der Waals surface area contributed by atoms with Crippen LogP contribution in [0.15, 0.2) is 24.3 Å². The quantitative estimate of drug-likeness (QED) is 0.824. The number of aliphatic carboxylic acids is 1. The number of hydrogen-bond donors (Lipinski definition) is 1. The van der Waals surface area contributed by atoms with Crippen LogP contribution in [0, 0.1) is 11.3 Å². The normalized spacial score (nSPS) is 17.9. The maximum atomic E-state index is 11.5. The highest BCUT2D eigenvalue weighted by atomic mass is 16.4. The highest BCUT2D eigenvalue weighted by Gasteiger charge is 2.44. The van der Waals surface area contributed by atoms with Crippen molar-refractivity contribution >= 4 is 5.97 Å². The summed E-state index contributed by atoms with van der Waals surface area (Å²) in [5.74, 6) is -0.798. The SMILES string of the molecule is N#Cc1ccccc1C1(C(=O)O)CCCC1. The van der Waals surface area contributed by atoms with E-state index >= 15 is 0 Å². The van der Waals surface area contributed by atoms with Gasteiger partial charge in [0.25, 0.3) is 0 Å². The molecule has 0 bridgehead atoms. The second-order valence-corrected chi connectivity index (χ2v) is 4.25. The van der Waals surface area contributed by atoms with Gasteiger partial charge in [-0.05, 0) is 24.5 Å². The Kier molecular flexibility index (Phi) is 2.66. The molecule has 16 heavy (non-hydrogen) atoms. The number of nitrogens with zero attached hydrogens (tertiary/aromatic N) is 1. The molecule has 0 unspecified atom stereocenters. The van der Waals surface area contributed by atoms with E-state index < -0.39 is 11.4 Å². The first-order chi connectivity index (χ1) is 7.70. The van der Waals surface area contributed by atoms with Gasteiger partial charge in [0.15, 0.2) is 0 Å². The highest BCUT2D eigenvalue weighted by molar-refractivity contribution is 5.82. The smallest absolute Gasteiger partial charge is 0.314 e. The van der Waals surface area contributed by atoms with Crippen molar-refractivity contribution in [2.45, 2.75) is 31.1 Å². The average molecular weight is 215 g/mol. The van der Waals surface area contributed by atoms with Crippen molar-refractivity contribution in [2.24, 2.45) is 0 Å². The minimum Gasteiger partial charge on any atom is -0.481 e. The van der Waals surface area contributed by atoms with E-state index in [2.05, 4.69) is 6.07 Å². The number of benzene rings is 1. The van der Waals surface area contributed by atoms with E-state index in [1.807, 2.05) is 0 Å². The summed E-state index contributed by atoms with van der Waals surface area (Å²) in [4.78, 5) is 11.5. The lowest BCUT2D eigenvalue weighted by molar-refractivity contribution is -0.143. The van der Waals surface area contributed by atoms with Crippen molar-refractivity contribution in [3.8, 4) is 6.07 Å². The van der Waals surface area contributed by atoms with Crippen molar-refractivity contribution in [3.05, 3.63) is 35.4 Å². The van der Waals surface area contributed by atoms with Crippen LogP contribution in [0.25, 0.3) is 0 Å². The van der Waals surface area contributed by atoms with Crippen LogP contribution in [0.2, 0.25) is 0 Å². The molecule has 3 nitrogen and oxygen atoms in total. The summed E-state index contributed by atoms with van der Waals surface area (Å²) in [6, 6.07) is 9.13. The Labute approximate surface area is 94.3 Å². The van der Waals surface area contributed by atoms with Crippen molar-refractivity contribution in [3.63, 3.8) is 0 Å². The molecule has 0 spiro atoms. The number of nitriles is 1. The summed E-state index contributed by atoms with van der Waals surface area (Å²) in [6.45, 7) is 0. The Morgan fingerprint density at radius 3 is 2.50 bits per heavy atom. The summed E-state index contributed by atoms with van der Waals surface area (Å²) in [6.07, 6.45) is 3.13. The molecule has 0 amide bonds. The zero-order valence-electron chi connectivity index (χ0n) is 8.94. The molecule has 2 rings (SSSR count). The third kappa shape index (κ3) is 1.47. The predicted molar refractivity (Wildman–Crippen MR) is 58.9 cm³/mol. The zero-order valence-corrected chi connectivity index (χ0v) is 8.94. The van der Waals surface area contributed by atoms with Crippen LogP contribution in [-0.4, -0.2) is 11.1 Å². The molecule has 3 heteroatoms. The number of carbonyl (C=O) groups is 1. The fraction of sp³-hybridized carbons (Fsp3) is 0.385. The van der Waals surface area contributed by atoms with Crippen molar-refractivity contribution in [1.29, 1.82) is 5.26 Å². The summed E-state index contributed by atoms with van der Waals surface area (Å²) >= 11 is 0. The van der Waals surface area contributed by atoms with Gasteiger partial charge >= 0.3 is 5.97 Å². The molecule has 1 N–H and O–H groups in total.